The summed E-state index contributed by atoms with van der Waals surface area (Å²) < 4.78 is 19.6. The first kappa shape index (κ1) is 17.9. The van der Waals surface area contributed by atoms with E-state index in [-0.39, 0.29) is 5.91 Å². The van der Waals surface area contributed by atoms with Gasteiger partial charge in [0.25, 0.3) is 11.8 Å². The molecule has 27 heavy (non-hydrogen) atoms. The third-order valence-corrected chi connectivity index (χ3v) is 5.13. The van der Waals surface area contributed by atoms with E-state index in [2.05, 4.69) is 15.9 Å². The fraction of sp³-hybridized carbons (Fsp3) is 0.200. The van der Waals surface area contributed by atoms with Crippen LogP contribution >= 0.6 is 15.9 Å². The van der Waals surface area contributed by atoms with Crippen molar-refractivity contribution >= 4 is 39.0 Å². The summed E-state index contributed by atoms with van der Waals surface area (Å²) in [5, 5.41) is 0. The lowest BCUT2D eigenvalue weighted by molar-refractivity contribution is -0.121. The first-order valence-electron chi connectivity index (χ1n) is 8.53. The topological polar surface area (TPSA) is 49.9 Å². The molecule has 4 rings (SSSR count). The van der Waals surface area contributed by atoms with Crippen molar-refractivity contribution in [3.63, 3.8) is 0 Å². The van der Waals surface area contributed by atoms with Gasteiger partial charge in [0, 0.05) is 17.6 Å². The van der Waals surface area contributed by atoms with E-state index in [1.165, 1.54) is 29.2 Å². The van der Waals surface area contributed by atoms with Crippen LogP contribution in [0.4, 0.5) is 10.1 Å². The predicted molar refractivity (Wildman–Crippen MR) is 102 cm³/mol. The van der Waals surface area contributed by atoms with Gasteiger partial charge in [-0.3, -0.25) is 9.59 Å². The van der Waals surface area contributed by atoms with E-state index < -0.39 is 11.7 Å². The summed E-state index contributed by atoms with van der Waals surface area (Å²) in [6.45, 7) is 2.01. The number of rotatable bonds is 3. The number of amides is 2. The van der Waals surface area contributed by atoms with Crippen LogP contribution in [0.5, 0.6) is 0 Å². The van der Waals surface area contributed by atoms with E-state index in [4.69, 9.17) is 4.74 Å². The fourth-order valence-electron chi connectivity index (χ4n) is 3.30. The van der Waals surface area contributed by atoms with Crippen molar-refractivity contribution in [1.29, 1.82) is 0 Å². The van der Waals surface area contributed by atoms with Crippen molar-refractivity contribution < 1.29 is 18.7 Å². The number of benzene rings is 2. The zero-order valence-corrected chi connectivity index (χ0v) is 15.9. The molecule has 0 aliphatic carbocycles. The lowest BCUT2D eigenvalue weighted by Crippen LogP contribution is -2.40. The van der Waals surface area contributed by atoms with Gasteiger partial charge in [-0.25, -0.2) is 9.29 Å². The Morgan fingerprint density at radius 1 is 0.889 bits per heavy atom. The Balaban J connectivity index is 1.81. The van der Waals surface area contributed by atoms with Gasteiger partial charge in [0.2, 0.25) is 0 Å². The van der Waals surface area contributed by atoms with Gasteiger partial charge in [-0.2, -0.15) is 0 Å². The molecule has 0 unspecified atom stereocenters. The Bertz CT molecular complexity index is 919. The summed E-state index contributed by atoms with van der Waals surface area (Å²) >= 11 is 3.36. The van der Waals surface area contributed by atoms with Gasteiger partial charge in [0.15, 0.2) is 0 Å². The maximum atomic E-state index is 13.4. The van der Waals surface area contributed by atoms with Gasteiger partial charge >= 0.3 is 0 Å². The normalized spacial score (nSPS) is 17.9. The van der Waals surface area contributed by atoms with Crippen molar-refractivity contribution in [2.45, 2.75) is 0 Å². The third kappa shape index (κ3) is 3.28. The highest BCUT2D eigenvalue weighted by Gasteiger charge is 2.42. The maximum Gasteiger partial charge on any atom is 0.282 e. The van der Waals surface area contributed by atoms with E-state index in [0.717, 1.165) is 4.47 Å². The van der Waals surface area contributed by atoms with Crippen LogP contribution in [0.15, 0.2) is 58.7 Å². The number of carbonyl (C=O) groups excluding carboxylic acids is 2. The molecule has 2 aromatic carbocycles. The van der Waals surface area contributed by atoms with E-state index in [1.54, 1.807) is 24.3 Å². The molecule has 138 valence electrons. The molecule has 2 heterocycles. The summed E-state index contributed by atoms with van der Waals surface area (Å²) in [7, 11) is 0. The Kier molecular flexibility index (Phi) is 4.80. The van der Waals surface area contributed by atoms with Crippen LogP contribution in [0, 0.1) is 5.82 Å². The molecule has 2 amide bonds. The molecule has 1 saturated heterocycles. The second-order valence-electron chi connectivity index (χ2n) is 6.25. The Morgan fingerprint density at radius 2 is 1.52 bits per heavy atom. The molecule has 7 heteroatoms. The molecule has 0 radical (unpaired) electrons. The minimum Gasteiger partial charge on any atom is -0.378 e. The van der Waals surface area contributed by atoms with Crippen LogP contribution in [0.25, 0.3) is 5.57 Å². The highest BCUT2D eigenvalue weighted by atomic mass is 79.9. The summed E-state index contributed by atoms with van der Waals surface area (Å²) in [6, 6.07) is 12.6. The average Bonchev–Trinajstić information content (AvgIpc) is 2.94. The zero-order valence-electron chi connectivity index (χ0n) is 14.3. The lowest BCUT2D eigenvalue weighted by Gasteiger charge is -2.29. The van der Waals surface area contributed by atoms with Gasteiger partial charge < -0.3 is 9.64 Å². The van der Waals surface area contributed by atoms with E-state index >= 15 is 0 Å². The highest BCUT2D eigenvalue weighted by Crippen LogP contribution is 2.35. The molecule has 0 saturated carbocycles. The SMILES string of the molecule is O=C1C(c2ccc(F)cc2)=C(N2CCOCC2)C(=O)N1c1ccc(Br)cc1. The van der Waals surface area contributed by atoms with Crippen LogP contribution in [-0.2, 0) is 14.3 Å². The minimum atomic E-state index is -0.407. The first-order valence-corrected chi connectivity index (χ1v) is 9.33. The van der Waals surface area contributed by atoms with Crippen molar-refractivity contribution in [2.24, 2.45) is 0 Å². The predicted octanol–water partition coefficient (Wildman–Crippen LogP) is 3.20. The number of carbonyl (C=O) groups is 2. The fourth-order valence-corrected chi connectivity index (χ4v) is 3.56. The van der Waals surface area contributed by atoms with Crippen molar-refractivity contribution in [3.05, 3.63) is 70.1 Å². The molecular formula is C20H16BrFN2O3. The maximum absolute atomic E-state index is 13.4. The molecular weight excluding hydrogens is 415 g/mol. The van der Waals surface area contributed by atoms with Gasteiger partial charge in [-0.15, -0.1) is 0 Å². The number of imide groups is 1. The molecule has 5 nitrogen and oxygen atoms in total. The van der Waals surface area contributed by atoms with E-state index in [9.17, 15) is 14.0 Å². The summed E-state index contributed by atoms with van der Waals surface area (Å²) in [6.07, 6.45) is 0. The first-order chi connectivity index (χ1) is 13.1. The number of morpholine rings is 1. The molecule has 2 aliphatic heterocycles. The highest BCUT2D eigenvalue weighted by molar-refractivity contribution is 9.10. The molecule has 2 aliphatic rings. The van der Waals surface area contributed by atoms with Crippen LogP contribution in [0.3, 0.4) is 0 Å². The molecule has 0 spiro atoms. The average molecular weight is 431 g/mol. The van der Waals surface area contributed by atoms with Gasteiger partial charge in [0.05, 0.1) is 24.5 Å². The molecule has 1 fully saturated rings. The minimum absolute atomic E-state index is 0.296. The zero-order chi connectivity index (χ0) is 19.0. The Hall–Kier alpha value is -2.51. The standard InChI is InChI=1S/C20H16BrFN2O3/c21-14-3-7-16(8-4-14)24-19(25)17(13-1-5-15(22)6-2-13)18(20(24)26)23-9-11-27-12-10-23/h1-8H,9-12H2. The van der Waals surface area contributed by atoms with Crippen LogP contribution < -0.4 is 4.90 Å². The molecule has 2 aromatic rings. The van der Waals surface area contributed by atoms with Crippen LogP contribution in [0.2, 0.25) is 0 Å². The molecule has 0 atom stereocenters. The van der Waals surface area contributed by atoms with Crippen molar-refractivity contribution in [2.75, 3.05) is 31.2 Å². The number of nitrogens with zero attached hydrogens (tertiary/aromatic N) is 2. The summed E-state index contributed by atoms with van der Waals surface area (Å²) in [5.41, 5.74) is 1.66. The Labute approximate surface area is 164 Å². The van der Waals surface area contributed by atoms with Gasteiger partial charge in [0.1, 0.15) is 11.5 Å². The summed E-state index contributed by atoms with van der Waals surface area (Å²) in [5.74, 6) is -1.17. The Morgan fingerprint density at radius 3 is 2.15 bits per heavy atom. The molecule has 0 aromatic heterocycles. The van der Waals surface area contributed by atoms with Gasteiger partial charge in [-0.05, 0) is 42.0 Å². The largest absolute Gasteiger partial charge is 0.378 e. The smallest absolute Gasteiger partial charge is 0.282 e. The quantitative estimate of drug-likeness (QED) is 0.701. The van der Waals surface area contributed by atoms with Crippen molar-refractivity contribution in [1.82, 2.24) is 4.90 Å². The third-order valence-electron chi connectivity index (χ3n) is 4.60. The number of hydrogen-bond acceptors (Lipinski definition) is 4. The molecule has 0 bridgehead atoms. The van der Waals surface area contributed by atoms with Crippen LogP contribution in [0.1, 0.15) is 5.56 Å². The van der Waals surface area contributed by atoms with E-state index in [0.29, 0.717) is 48.8 Å². The van der Waals surface area contributed by atoms with E-state index in [1.807, 2.05) is 4.90 Å². The number of hydrogen-bond donors (Lipinski definition) is 0. The number of anilines is 1. The summed E-state index contributed by atoms with van der Waals surface area (Å²) in [4.78, 5) is 29.5. The van der Waals surface area contributed by atoms with Gasteiger partial charge in [-0.1, -0.05) is 28.1 Å². The monoisotopic (exact) mass is 430 g/mol. The van der Waals surface area contributed by atoms with Crippen LogP contribution in [-0.4, -0.2) is 43.0 Å². The number of ether oxygens (including phenoxy) is 1. The van der Waals surface area contributed by atoms with Crippen molar-refractivity contribution in [3.8, 4) is 0 Å². The second kappa shape index (κ2) is 7.25. The number of halogens is 2. The molecule has 0 N–H and O–H groups in total. The lowest BCUT2D eigenvalue weighted by atomic mass is 10.0. The second-order valence-corrected chi connectivity index (χ2v) is 7.17.